The minimum atomic E-state index is -1.12. The first-order valence-corrected chi connectivity index (χ1v) is 7.20. The van der Waals surface area contributed by atoms with Crippen LogP contribution in [0.15, 0.2) is 47.6 Å². The van der Waals surface area contributed by atoms with E-state index >= 15 is 0 Å². The van der Waals surface area contributed by atoms with Gasteiger partial charge < -0.3 is 16.2 Å². The Morgan fingerprint density at radius 2 is 1.96 bits per heavy atom. The predicted molar refractivity (Wildman–Crippen MR) is 96.4 cm³/mol. The number of nitrogens with zero attached hydrogens (tertiary/aromatic N) is 2. The summed E-state index contributed by atoms with van der Waals surface area (Å²) in [6.45, 7) is 1.95. The number of aryl methyl sites for hydroxylation is 1. The molecule has 0 bridgehead atoms. The summed E-state index contributed by atoms with van der Waals surface area (Å²) < 4.78 is 0. The highest BCUT2D eigenvalue weighted by atomic mass is 16.4. The predicted octanol–water partition coefficient (Wildman–Crippen LogP) is 2.66. The van der Waals surface area contributed by atoms with Gasteiger partial charge in [0.1, 0.15) is 6.07 Å². The van der Waals surface area contributed by atoms with E-state index in [1.807, 2.05) is 31.2 Å². The zero-order valence-electron chi connectivity index (χ0n) is 13.4. The Balaban J connectivity index is 2.44. The number of carboxylic acid groups (broad SMARTS) is 1. The van der Waals surface area contributed by atoms with Crippen LogP contribution in [0.4, 0.5) is 17.1 Å². The van der Waals surface area contributed by atoms with Crippen LogP contribution in [0.25, 0.3) is 0 Å². The number of anilines is 3. The largest absolute Gasteiger partial charge is 0.478 e. The Labute approximate surface area is 144 Å². The lowest BCUT2D eigenvalue weighted by Gasteiger charge is -2.14. The van der Waals surface area contributed by atoms with Crippen molar-refractivity contribution < 1.29 is 9.90 Å². The van der Waals surface area contributed by atoms with Gasteiger partial charge in [-0.3, -0.25) is 10.8 Å². The summed E-state index contributed by atoms with van der Waals surface area (Å²) in [6.07, 6.45) is 0. The molecule has 8 nitrogen and oxygen atoms in total. The Kier molecular flexibility index (Phi) is 5.32. The summed E-state index contributed by atoms with van der Waals surface area (Å²) in [4.78, 5) is 11.5. The van der Waals surface area contributed by atoms with E-state index in [4.69, 9.17) is 16.4 Å². The first-order valence-electron chi connectivity index (χ1n) is 7.20. The number of nitrogens with two attached hydrogens (primary N) is 1. The lowest BCUT2D eigenvalue weighted by molar-refractivity contribution is 0.0698. The van der Waals surface area contributed by atoms with Crippen molar-refractivity contribution in [1.82, 2.24) is 0 Å². The smallest absolute Gasteiger partial charge is 0.337 e. The maximum Gasteiger partial charge on any atom is 0.337 e. The van der Waals surface area contributed by atoms with E-state index in [1.165, 1.54) is 6.07 Å². The third kappa shape index (κ3) is 4.33. The van der Waals surface area contributed by atoms with E-state index in [0.717, 1.165) is 5.56 Å². The van der Waals surface area contributed by atoms with Crippen LogP contribution in [0.5, 0.6) is 0 Å². The third-order valence-electron chi connectivity index (χ3n) is 3.26. The van der Waals surface area contributed by atoms with Crippen molar-refractivity contribution in [2.75, 3.05) is 10.7 Å². The topological polar surface area (TPSA) is 147 Å². The molecule has 0 spiro atoms. The first-order chi connectivity index (χ1) is 11.9. The summed E-state index contributed by atoms with van der Waals surface area (Å²) in [5.74, 6) is -1.60. The van der Waals surface area contributed by atoms with Gasteiger partial charge in [0.05, 0.1) is 16.9 Å². The van der Waals surface area contributed by atoms with Crippen molar-refractivity contribution in [2.24, 2.45) is 10.8 Å². The molecule has 8 heteroatoms. The highest BCUT2D eigenvalue weighted by molar-refractivity contribution is 6.45. The number of carbonyl (C=O) groups is 1. The van der Waals surface area contributed by atoms with Crippen molar-refractivity contribution >= 4 is 34.6 Å². The molecule has 0 aromatic heterocycles. The second kappa shape index (κ2) is 7.61. The van der Waals surface area contributed by atoms with E-state index in [1.54, 1.807) is 18.2 Å². The number of aromatic carboxylic acids is 1. The molecule has 0 atom stereocenters. The Bertz CT molecular complexity index is 881. The van der Waals surface area contributed by atoms with E-state index < -0.39 is 11.8 Å². The van der Waals surface area contributed by atoms with Gasteiger partial charge in [-0.1, -0.05) is 23.8 Å². The van der Waals surface area contributed by atoms with Gasteiger partial charge in [0.2, 0.25) is 5.71 Å². The Hall–Kier alpha value is -3.86. The second-order valence-electron chi connectivity index (χ2n) is 5.12. The molecule has 0 amide bonds. The number of hydrazone groups is 1. The maximum atomic E-state index is 11.5. The summed E-state index contributed by atoms with van der Waals surface area (Å²) in [6, 6.07) is 13.7. The average Bonchev–Trinajstić information content (AvgIpc) is 2.58. The number of nitriles is 1. The van der Waals surface area contributed by atoms with Gasteiger partial charge in [0.15, 0.2) is 5.84 Å². The van der Waals surface area contributed by atoms with E-state index in [2.05, 4.69) is 15.8 Å². The van der Waals surface area contributed by atoms with Crippen LogP contribution < -0.4 is 16.5 Å². The number of rotatable bonds is 6. The van der Waals surface area contributed by atoms with Crippen LogP contribution in [0.1, 0.15) is 15.9 Å². The number of para-hydroxylation sites is 1. The first kappa shape index (κ1) is 17.5. The van der Waals surface area contributed by atoms with Crippen molar-refractivity contribution in [3.8, 4) is 6.07 Å². The molecule has 2 aromatic rings. The lowest BCUT2D eigenvalue weighted by Crippen LogP contribution is -2.22. The number of nitrogens with one attached hydrogen (secondary N) is 3. The van der Waals surface area contributed by atoms with Crippen molar-refractivity contribution in [3.63, 3.8) is 0 Å². The number of amidine groups is 1. The van der Waals surface area contributed by atoms with E-state index in [0.29, 0.717) is 11.4 Å². The van der Waals surface area contributed by atoms with Crippen LogP contribution in [-0.4, -0.2) is 22.6 Å². The van der Waals surface area contributed by atoms with Crippen LogP contribution in [0, 0.1) is 23.7 Å². The fourth-order valence-electron chi connectivity index (χ4n) is 2.00. The van der Waals surface area contributed by atoms with E-state index in [-0.39, 0.29) is 17.0 Å². The highest BCUT2D eigenvalue weighted by Crippen LogP contribution is 2.30. The molecule has 0 fully saturated rings. The normalized spacial score (nSPS) is 10.6. The average molecular weight is 336 g/mol. The van der Waals surface area contributed by atoms with Gasteiger partial charge in [-0.2, -0.15) is 10.4 Å². The minimum absolute atomic E-state index is 0.0297. The molecule has 25 heavy (non-hydrogen) atoms. The fourth-order valence-corrected chi connectivity index (χ4v) is 2.00. The Morgan fingerprint density at radius 1 is 1.28 bits per heavy atom. The van der Waals surface area contributed by atoms with Crippen LogP contribution >= 0.6 is 0 Å². The quantitative estimate of drug-likeness (QED) is 0.311. The number of benzene rings is 2. The molecular formula is C17H16N6O2. The van der Waals surface area contributed by atoms with Gasteiger partial charge in [0, 0.05) is 5.69 Å². The monoisotopic (exact) mass is 336 g/mol. The van der Waals surface area contributed by atoms with Crippen molar-refractivity contribution in [3.05, 3.63) is 53.6 Å². The molecule has 0 saturated heterocycles. The van der Waals surface area contributed by atoms with Gasteiger partial charge in [-0.15, -0.1) is 0 Å². The SMILES string of the molecule is Cc1ccc(Nc2c(N/N=C(\C#N)C(=N)N)cccc2C(=O)O)cc1. The minimum Gasteiger partial charge on any atom is -0.478 e. The van der Waals surface area contributed by atoms with E-state index in [9.17, 15) is 9.90 Å². The second-order valence-corrected chi connectivity index (χ2v) is 5.12. The Morgan fingerprint density at radius 3 is 2.52 bits per heavy atom. The number of hydrogen-bond donors (Lipinski definition) is 5. The molecule has 0 unspecified atom stereocenters. The summed E-state index contributed by atoms with van der Waals surface area (Å²) >= 11 is 0. The molecule has 6 N–H and O–H groups in total. The standard InChI is InChI=1S/C17H16N6O2/c1-10-5-7-11(8-6-10)21-15-12(17(24)25)3-2-4-13(15)22-23-14(9-18)16(19)20/h2-8,21-22H,1H3,(H3,19,20)(H,24,25)/b23-14+. The maximum absolute atomic E-state index is 11.5. The summed E-state index contributed by atoms with van der Waals surface area (Å²) in [5, 5.41) is 32.4. The van der Waals surface area contributed by atoms with Gasteiger partial charge in [0.25, 0.3) is 0 Å². The van der Waals surface area contributed by atoms with Crippen molar-refractivity contribution in [2.45, 2.75) is 6.92 Å². The molecule has 2 rings (SSSR count). The molecular weight excluding hydrogens is 320 g/mol. The molecule has 126 valence electrons. The summed E-state index contributed by atoms with van der Waals surface area (Å²) in [5.41, 5.74) is 9.93. The van der Waals surface area contributed by atoms with Crippen molar-refractivity contribution in [1.29, 1.82) is 10.7 Å². The molecule has 0 radical (unpaired) electrons. The van der Waals surface area contributed by atoms with Gasteiger partial charge in [-0.25, -0.2) is 4.79 Å². The molecule has 2 aromatic carbocycles. The van der Waals surface area contributed by atoms with Gasteiger partial charge in [-0.05, 0) is 31.2 Å². The van der Waals surface area contributed by atoms with Crippen LogP contribution in [-0.2, 0) is 0 Å². The molecule has 0 heterocycles. The molecule has 0 aliphatic rings. The summed E-state index contributed by atoms with van der Waals surface area (Å²) in [7, 11) is 0. The lowest BCUT2D eigenvalue weighted by atomic mass is 10.1. The zero-order valence-corrected chi connectivity index (χ0v) is 13.4. The zero-order chi connectivity index (χ0) is 18.4. The molecule has 0 saturated carbocycles. The molecule has 0 aliphatic carbocycles. The number of hydrogen-bond acceptors (Lipinski definition) is 6. The highest BCUT2D eigenvalue weighted by Gasteiger charge is 2.14. The molecule has 0 aliphatic heterocycles. The van der Waals surface area contributed by atoms with Crippen LogP contribution in [0.3, 0.4) is 0 Å². The number of carboxylic acids is 1. The third-order valence-corrected chi connectivity index (χ3v) is 3.26. The fraction of sp³-hybridized carbons (Fsp3) is 0.0588. The van der Waals surface area contributed by atoms with Crippen LogP contribution in [0.2, 0.25) is 0 Å². The van der Waals surface area contributed by atoms with Gasteiger partial charge >= 0.3 is 5.97 Å².